The summed E-state index contributed by atoms with van der Waals surface area (Å²) < 4.78 is 1.63. The second-order valence-electron chi connectivity index (χ2n) is 5.77. The Bertz CT molecular complexity index is 602. The molecule has 1 aliphatic rings. The molecule has 0 radical (unpaired) electrons. The molecule has 1 unspecified atom stereocenters. The first-order chi connectivity index (χ1) is 12.5. The molecule has 9 nitrogen and oxygen atoms in total. The number of carboxylic acids is 1. The van der Waals surface area contributed by atoms with Crippen molar-refractivity contribution in [2.24, 2.45) is 0 Å². The van der Waals surface area contributed by atoms with E-state index in [-0.39, 0.29) is 12.5 Å². The van der Waals surface area contributed by atoms with Crippen LogP contribution >= 0.6 is 0 Å². The number of aryl methyl sites for hydroxylation is 1. The van der Waals surface area contributed by atoms with Gasteiger partial charge in [-0.25, -0.2) is 9.75 Å². The molecule has 0 bridgehead atoms. The van der Waals surface area contributed by atoms with Gasteiger partial charge in [-0.1, -0.05) is 26.0 Å². The number of carbonyl (C=O) groups excluding carboxylic acids is 1. The second-order valence-corrected chi connectivity index (χ2v) is 5.77. The fourth-order valence-electron chi connectivity index (χ4n) is 2.48. The zero-order chi connectivity index (χ0) is 19.5. The van der Waals surface area contributed by atoms with Crippen molar-refractivity contribution in [3.63, 3.8) is 0 Å². The summed E-state index contributed by atoms with van der Waals surface area (Å²) in [4.78, 5) is 29.4. The first kappa shape index (κ1) is 21.8. The predicted molar refractivity (Wildman–Crippen MR) is 97.0 cm³/mol. The highest BCUT2D eigenvalue weighted by atomic mass is 16.7. The van der Waals surface area contributed by atoms with E-state index in [2.05, 4.69) is 15.2 Å². The van der Waals surface area contributed by atoms with Gasteiger partial charge in [0.25, 0.3) is 0 Å². The largest absolute Gasteiger partial charge is 0.481 e. The Morgan fingerprint density at radius 3 is 2.85 bits per heavy atom. The standard InChI is InChI=1S/C15H23N5O4.C2H6/c1-3-6-24-20(11-21)14-7-13(9-18(2)10-14)19-8-12(16-17-19)4-5-15(22)23;1-2/h7-8,11,14H,3-6,9-10H2,1-2H3,(H,22,23);1-2H3. The van der Waals surface area contributed by atoms with Crippen molar-refractivity contribution in [3.05, 3.63) is 18.0 Å². The summed E-state index contributed by atoms with van der Waals surface area (Å²) in [7, 11) is 1.95. The van der Waals surface area contributed by atoms with Crippen molar-refractivity contribution < 1.29 is 19.5 Å². The van der Waals surface area contributed by atoms with Gasteiger partial charge in [0.2, 0.25) is 6.41 Å². The highest BCUT2D eigenvalue weighted by molar-refractivity contribution is 5.66. The molecule has 1 aliphatic heterocycles. The van der Waals surface area contributed by atoms with E-state index >= 15 is 0 Å². The minimum Gasteiger partial charge on any atom is -0.481 e. The lowest BCUT2D eigenvalue weighted by Crippen LogP contribution is -2.45. The van der Waals surface area contributed by atoms with Crippen LogP contribution in [-0.2, 0) is 20.8 Å². The van der Waals surface area contributed by atoms with Crippen molar-refractivity contribution in [2.45, 2.75) is 46.1 Å². The maximum absolute atomic E-state index is 11.3. The summed E-state index contributed by atoms with van der Waals surface area (Å²) in [6.07, 6.45) is 5.52. The molecular formula is C17H29N5O4. The smallest absolute Gasteiger partial charge is 0.303 e. The molecule has 146 valence electrons. The summed E-state index contributed by atoms with van der Waals surface area (Å²) in [5, 5.41) is 18.1. The number of carbonyl (C=O) groups is 2. The summed E-state index contributed by atoms with van der Waals surface area (Å²) in [6.45, 7) is 7.77. The second kappa shape index (κ2) is 11.4. The van der Waals surface area contributed by atoms with Crippen LogP contribution in [0.15, 0.2) is 12.3 Å². The van der Waals surface area contributed by atoms with Crippen LogP contribution in [0.4, 0.5) is 0 Å². The molecule has 1 amide bonds. The summed E-state index contributed by atoms with van der Waals surface area (Å²) in [5.74, 6) is -0.865. The van der Waals surface area contributed by atoms with E-state index in [9.17, 15) is 9.59 Å². The number of aliphatic carboxylic acids is 1. The van der Waals surface area contributed by atoms with Crippen LogP contribution in [0.2, 0.25) is 0 Å². The number of likely N-dealkylation sites (N-methyl/N-ethyl adjacent to an activating group) is 1. The van der Waals surface area contributed by atoms with Gasteiger partial charge < -0.3 is 5.11 Å². The fourth-order valence-corrected chi connectivity index (χ4v) is 2.48. The molecule has 1 atom stereocenters. The van der Waals surface area contributed by atoms with Crippen LogP contribution in [0.1, 0.15) is 39.3 Å². The molecule has 1 aromatic heterocycles. The molecule has 0 fully saturated rings. The Labute approximate surface area is 154 Å². The lowest BCUT2D eigenvalue weighted by Gasteiger charge is -2.33. The van der Waals surface area contributed by atoms with E-state index in [1.54, 1.807) is 10.9 Å². The number of hydrogen-bond acceptors (Lipinski definition) is 6. The minimum atomic E-state index is -0.865. The van der Waals surface area contributed by atoms with Gasteiger partial charge in [0.1, 0.15) is 0 Å². The zero-order valence-corrected chi connectivity index (χ0v) is 16.0. The first-order valence-electron chi connectivity index (χ1n) is 8.92. The van der Waals surface area contributed by atoms with Gasteiger partial charge in [0.15, 0.2) is 0 Å². The van der Waals surface area contributed by atoms with Crippen molar-refractivity contribution in [3.8, 4) is 0 Å². The van der Waals surface area contributed by atoms with Gasteiger partial charge in [-0.3, -0.25) is 19.3 Å². The molecule has 1 N–H and O–H groups in total. The maximum Gasteiger partial charge on any atom is 0.303 e. The normalized spacial score (nSPS) is 17.1. The summed E-state index contributed by atoms with van der Waals surface area (Å²) in [6, 6.07) is -0.213. The van der Waals surface area contributed by atoms with E-state index in [0.29, 0.717) is 38.2 Å². The van der Waals surface area contributed by atoms with Gasteiger partial charge in [-0.2, -0.15) is 0 Å². The van der Waals surface area contributed by atoms with E-state index in [0.717, 1.165) is 12.1 Å². The maximum atomic E-state index is 11.3. The molecule has 0 aromatic carbocycles. The molecule has 0 spiro atoms. The van der Waals surface area contributed by atoms with E-state index in [1.165, 1.54) is 5.06 Å². The molecule has 0 saturated carbocycles. The van der Waals surface area contributed by atoms with Crippen LogP contribution in [0.5, 0.6) is 0 Å². The van der Waals surface area contributed by atoms with Crippen molar-refractivity contribution in [1.29, 1.82) is 0 Å². The number of carboxylic acid groups (broad SMARTS) is 1. The Kier molecular flexibility index (Phi) is 9.53. The first-order valence-corrected chi connectivity index (χ1v) is 8.92. The Balaban J connectivity index is 0.00000163. The van der Waals surface area contributed by atoms with Crippen molar-refractivity contribution in [1.82, 2.24) is 25.0 Å². The fraction of sp³-hybridized carbons (Fsp3) is 0.647. The van der Waals surface area contributed by atoms with Gasteiger partial charge >= 0.3 is 5.97 Å². The third kappa shape index (κ3) is 6.57. The molecule has 0 aliphatic carbocycles. The SMILES string of the molecule is CC.CCCON(C=O)C1C=C(n2cc(CCC(=O)O)nn2)CN(C)C1. The lowest BCUT2D eigenvalue weighted by atomic mass is 10.1. The van der Waals surface area contributed by atoms with Gasteiger partial charge in [-0.05, 0) is 19.5 Å². The number of aromatic nitrogens is 3. The highest BCUT2D eigenvalue weighted by Crippen LogP contribution is 2.17. The molecule has 26 heavy (non-hydrogen) atoms. The van der Waals surface area contributed by atoms with E-state index in [1.807, 2.05) is 33.9 Å². The Morgan fingerprint density at radius 2 is 2.23 bits per heavy atom. The summed E-state index contributed by atoms with van der Waals surface area (Å²) >= 11 is 0. The average Bonchev–Trinajstić information content (AvgIpc) is 3.11. The number of hydrogen-bond donors (Lipinski definition) is 1. The van der Waals surface area contributed by atoms with Crippen molar-refractivity contribution in [2.75, 3.05) is 26.7 Å². The third-order valence-corrected chi connectivity index (χ3v) is 3.62. The number of amides is 1. The quantitative estimate of drug-likeness (QED) is 0.518. The number of hydroxylamine groups is 2. The lowest BCUT2D eigenvalue weighted by molar-refractivity contribution is -0.182. The molecule has 2 rings (SSSR count). The molecule has 0 saturated heterocycles. The average molecular weight is 367 g/mol. The van der Waals surface area contributed by atoms with Crippen LogP contribution in [0, 0.1) is 0 Å². The van der Waals surface area contributed by atoms with Crippen molar-refractivity contribution >= 4 is 18.1 Å². The van der Waals surface area contributed by atoms with E-state index < -0.39 is 5.97 Å². The monoisotopic (exact) mass is 367 g/mol. The molecule has 2 heterocycles. The topological polar surface area (TPSA) is 101 Å². The van der Waals surface area contributed by atoms with Gasteiger partial charge in [-0.15, -0.1) is 5.10 Å². The van der Waals surface area contributed by atoms with E-state index in [4.69, 9.17) is 9.94 Å². The Hall–Kier alpha value is -2.26. The predicted octanol–water partition coefficient (Wildman–Crippen LogP) is 1.28. The Morgan fingerprint density at radius 1 is 1.50 bits per heavy atom. The van der Waals surface area contributed by atoms with Crippen LogP contribution < -0.4 is 0 Å². The zero-order valence-electron chi connectivity index (χ0n) is 16.0. The molecule has 9 heteroatoms. The van der Waals surface area contributed by atoms with Gasteiger partial charge in [0.05, 0.1) is 36.7 Å². The van der Waals surface area contributed by atoms with Crippen LogP contribution in [0.25, 0.3) is 5.70 Å². The molecule has 1 aromatic rings. The van der Waals surface area contributed by atoms with Crippen LogP contribution in [-0.4, -0.2) is 75.2 Å². The van der Waals surface area contributed by atoms with Gasteiger partial charge in [0, 0.05) is 19.5 Å². The highest BCUT2D eigenvalue weighted by Gasteiger charge is 2.24. The summed E-state index contributed by atoms with van der Waals surface area (Å²) in [5.41, 5.74) is 1.49. The van der Waals surface area contributed by atoms with Crippen LogP contribution in [0.3, 0.4) is 0 Å². The molecular weight excluding hydrogens is 338 g/mol. The number of nitrogens with zero attached hydrogens (tertiary/aromatic N) is 5. The number of rotatable bonds is 9. The third-order valence-electron chi connectivity index (χ3n) is 3.62. The minimum absolute atomic E-state index is 0.0179.